The fraction of sp³-hybridized carbons (Fsp3) is 0.346. The first-order valence-electron chi connectivity index (χ1n) is 12.2. The molecule has 0 aliphatic heterocycles. The Bertz CT molecular complexity index is 1370. The van der Waals surface area contributed by atoms with E-state index >= 15 is 0 Å². The van der Waals surface area contributed by atoms with Crippen LogP contribution in [-0.2, 0) is 33.2 Å². The number of nitrogens with two attached hydrogens (primary N) is 1. The average molecular weight is 546 g/mol. The largest absolute Gasteiger partial charge is 0.480 e. The van der Waals surface area contributed by atoms with Crippen LogP contribution in [-0.4, -0.2) is 48.7 Å². The Kier molecular flexibility index (Phi) is 11.1. The summed E-state index contributed by atoms with van der Waals surface area (Å²) in [5, 5.41) is 12.3. The van der Waals surface area contributed by atoms with Gasteiger partial charge in [0.05, 0.1) is 0 Å². The molecule has 12 heteroatoms. The van der Waals surface area contributed by atoms with Crippen LogP contribution < -0.4 is 15.8 Å². The van der Waals surface area contributed by atoms with Gasteiger partial charge in [-0.1, -0.05) is 62.4 Å². The van der Waals surface area contributed by atoms with E-state index in [2.05, 4.69) is 15.0 Å². The number of para-hydroxylation sites is 1. The molecule has 0 saturated heterocycles. The molecule has 0 aliphatic rings. The monoisotopic (exact) mass is 545 g/mol. The van der Waals surface area contributed by atoms with E-state index in [1.54, 1.807) is 54.9 Å². The summed E-state index contributed by atoms with van der Waals surface area (Å²) in [4.78, 5) is 27.6. The first kappa shape index (κ1) is 30.2. The number of hydrogen-bond donors (Lipinski definition) is 4. The zero-order valence-electron chi connectivity index (χ0n) is 22.0. The van der Waals surface area contributed by atoms with Gasteiger partial charge in [-0.15, -0.1) is 0 Å². The molecule has 38 heavy (non-hydrogen) atoms. The third kappa shape index (κ3) is 7.97. The Balaban J connectivity index is 0.00000247. The van der Waals surface area contributed by atoms with Crippen molar-refractivity contribution >= 4 is 38.9 Å². The van der Waals surface area contributed by atoms with Gasteiger partial charge in [-0.3, -0.25) is 4.99 Å². The van der Waals surface area contributed by atoms with Crippen molar-refractivity contribution in [2.75, 3.05) is 6.54 Å². The number of alkyl carbamates (subject to hydrolysis) is 1. The van der Waals surface area contributed by atoms with Gasteiger partial charge in [0.2, 0.25) is 5.96 Å². The number of carbonyl (C=O) groups excluding carboxylic acids is 1. The number of amides is 1. The molecule has 0 bridgehead atoms. The van der Waals surface area contributed by atoms with E-state index in [9.17, 15) is 23.1 Å². The summed E-state index contributed by atoms with van der Waals surface area (Å²) in [6.07, 6.45) is -0.583. The van der Waals surface area contributed by atoms with Crippen LogP contribution in [0.25, 0.3) is 10.9 Å². The molecule has 1 aromatic heterocycles. The molecule has 0 fully saturated rings. The molecular formula is C26H35N5O6S. The molecule has 3 aromatic rings. The molecule has 1 heterocycles. The third-order valence-corrected chi connectivity index (χ3v) is 7.12. The molecule has 5 N–H and O–H groups in total. The molecule has 0 saturated carbocycles. The Labute approximate surface area is 222 Å². The van der Waals surface area contributed by atoms with Crippen LogP contribution in [0, 0.1) is 6.92 Å². The van der Waals surface area contributed by atoms with Crippen molar-refractivity contribution in [1.29, 1.82) is 0 Å². The second kappa shape index (κ2) is 14.0. The van der Waals surface area contributed by atoms with Crippen molar-refractivity contribution in [2.24, 2.45) is 17.8 Å². The molecule has 206 valence electrons. The summed E-state index contributed by atoms with van der Waals surface area (Å²) in [6, 6.07) is 14.9. The van der Waals surface area contributed by atoms with E-state index in [0.29, 0.717) is 11.1 Å². The molecular weight excluding hydrogens is 510 g/mol. The lowest BCUT2D eigenvalue weighted by Gasteiger charge is -2.14. The first-order chi connectivity index (χ1) is 18.1. The quantitative estimate of drug-likeness (QED) is 0.172. The topological polar surface area (TPSA) is 165 Å². The fourth-order valence-electron chi connectivity index (χ4n) is 3.71. The smallest absolute Gasteiger partial charge is 0.408 e. The third-order valence-electron chi connectivity index (χ3n) is 5.59. The number of aryl methyl sites for hydroxylation is 1. The van der Waals surface area contributed by atoms with Crippen LogP contribution in [0.15, 0.2) is 64.5 Å². The second-order valence-corrected chi connectivity index (χ2v) is 9.72. The number of carboxylic acids is 1. The number of fused-ring (bicyclic) bond motifs is 1. The molecule has 0 aliphatic carbocycles. The summed E-state index contributed by atoms with van der Waals surface area (Å²) in [7, 11) is -2.23. The number of nitrogens with zero attached hydrogens (tertiary/aromatic N) is 2. The van der Waals surface area contributed by atoms with Gasteiger partial charge in [0, 0.05) is 30.2 Å². The highest BCUT2D eigenvalue weighted by Crippen LogP contribution is 2.28. The Morgan fingerprint density at radius 2 is 1.74 bits per heavy atom. The van der Waals surface area contributed by atoms with E-state index < -0.39 is 28.1 Å². The van der Waals surface area contributed by atoms with Crippen molar-refractivity contribution in [3.8, 4) is 0 Å². The first-order valence-corrected chi connectivity index (χ1v) is 13.6. The number of benzene rings is 2. The molecule has 0 radical (unpaired) electrons. The van der Waals surface area contributed by atoms with E-state index in [0.717, 1.165) is 11.1 Å². The number of carboxylic acid groups (broad SMARTS) is 1. The predicted molar refractivity (Wildman–Crippen MR) is 146 cm³/mol. The van der Waals surface area contributed by atoms with Gasteiger partial charge in [-0.05, 0) is 31.4 Å². The zero-order valence-corrected chi connectivity index (χ0v) is 22.8. The van der Waals surface area contributed by atoms with E-state index in [4.69, 9.17) is 10.5 Å². The minimum atomic E-state index is -4.00. The summed E-state index contributed by atoms with van der Waals surface area (Å²) in [6.45, 7) is 5.76. The van der Waals surface area contributed by atoms with Crippen LogP contribution in [0.1, 0.15) is 37.9 Å². The maximum atomic E-state index is 13.0. The Morgan fingerprint density at radius 3 is 2.39 bits per heavy atom. The van der Waals surface area contributed by atoms with Gasteiger partial charge in [0.25, 0.3) is 10.0 Å². The van der Waals surface area contributed by atoms with Crippen molar-refractivity contribution in [3.63, 3.8) is 0 Å². The molecule has 3 rings (SSSR count). The van der Waals surface area contributed by atoms with Crippen molar-refractivity contribution in [3.05, 3.63) is 65.9 Å². The van der Waals surface area contributed by atoms with Gasteiger partial charge >= 0.3 is 12.1 Å². The number of nitrogens with one attached hydrogen (secondary N) is 2. The van der Waals surface area contributed by atoms with Gasteiger partial charge in [0.1, 0.15) is 17.5 Å². The second-order valence-electron chi connectivity index (χ2n) is 8.10. The lowest BCUT2D eigenvalue weighted by atomic mass is 10.1. The molecule has 11 nitrogen and oxygen atoms in total. The minimum Gasteiger partial charge on any atom is -0.480 e. The maximum absolute atomic E-state index is 13.0. The normalized spacial score (nSPS) is 12.3. The van der Waals surface area contributed by atoms with Crippen LogP contribution >= 0.6 is 0 Å². The van der Waals surface area contributed by atoms with Gasteiger partial charge in [-0.25, -0.2) is 22.7 Å². The number of guanidine groups is 1. The number of aromatic nitrogens is 1. The van der Waals surface area contributed by atoms with Crippen LogP contribution in [0.4, 0.5) is 4.79 Å². The van der Waals surface area contributed by atoms with Gasteiger partial charge in [-0.2, -0.15) is 0 Å². The summed E-state index contributed by atoms with van der Waals surface area (Å²) in [5.41, 5.74) is 7.88. The van der Waals surface area contributed by atoms with E-state index in [1.165, 1.54) is 0 Å². The zero-order chi connectivity index (χ0) is 28.3. The highest BCUT2D eigenvalue weighted by atomic mass is 32.2. The lowest BCUT2D eigenvalue weighted by Crippen LogP contribution is -2.41. The number of aliphatic carboxylic acids is 1. The van der Waals surface area contributed by atoms with Crippen molar-refractivity contribution in [1.82, 2.24) is 14.6 Å². The molecule has 1 amide bonds. The molecule has 0 spiro atoms. The van der Waals surface area contributed by atoms with E-state index in [1.807, 2.05) is 32.0 Å². The Morgan fingerprint density at radius 1 is 1.11 bits per heavy atom. The number of rotatable bonds is 10. The Hall–Kier alpha value is -4.06. The molecule has 2 aromatic carbocycles. The van der Waals surface area contributed by atoms with Crippen molar-refractivity contribution < 1.29 is 27.9 Å². The number of sulfonamides is 1. The van der Waals surface area contributed by atoms with Gasteiger partial charge < -0.3 is 25.5 Å². The maximum Gasteiger partial charge on any atom is 0.408 e. The van der Waals surface area contributed by atoms with Crippen molar-refractivity contribution in [2.45, 2.75) is 51.2 Å². The summed E-state index contributed by atoms with van der Waals surface area (Å²) >= 11 is 0. The number of aliphatic imine (C=N–C) groups is 1. The van der Waals surface area contributed by atoms with Gasteiger partial charge in [0.15, 0.2) is 0 Å². The van der Waals surface area contributed by atoms with Crippen LogP contribution in [0.2, 0.25) is 0 Å². The average Bonchev–Trinajstić information content (AvgIpc) is 3.16. The number of hydrogen-bond acceptors (Lipinski definition) is 6. The number of carbonyl (C=O) groups is 2. The minimum absolute atomic E-state index is 0.0101. The molecule has 1 unspecified atom stereocenters. The highest BCUT2D eigenvalue weighted by molar-refractivity contribution is 7.90. The summed E-state index contributed by atoms with van der Waals surface area (Å²) < 4.78 is 35.1. The predicted octanol–water partition coefficient (Wildman–Crippen LogP) is 3.27. The van der Waals surface area contributed by atoms with E-state index in [-0.39, 0.29) is 36.8 Å². The molecule has 1 atom stereocenters. The lowest BCUT2D eigenvalue weighted by molar-refractivity contribution is -0.139. The standard InChI is InChI=1S/C24H29N5O6S.C2H6/c1-16-21(18-11-6-7-13-20(18)29(16)2)36(33,34)28-23(25)26-14-8-12-19(22(30)31)27-24(32)35-15-17-9-4-3-5-10-17;1-2/h3-7,9-11,13,19H,8,12,14-15H2,1-2H3,(H,27,32)(H,30,31)(H3,25,26,28);1-2H3. The highest BCUT2D eigenvalue weighted by Gasteiger charge is 2.25. The number of ether oxygens (including phenoxy) is 1. The van der Waals surface area contributed by atoms with Crippen LogP contribution in [0.5, 0.6) is 0 Å². The SMILES string of the molecule is CC.Cc1c(S(=O)(=O)NC(N)=NCCCC(NC(=O)OCc2ccccc2)C(=O)O)c2ccccc2n1C. The fourth-order valence-corrected chi connectivity index (χ4v) is 5.14. The van der Waals surface area contributed by atoms with Crippen LogP contribution in [0.3, 0.4) is 0 Å². The summed E-state index contributed by atoms with van der Waals surface area (Å²) in [5.74, 6) is -1.54.